The molecule has 0 spiro atoms. The number of aromatic nitrogens is 2. The van der Waals surface area contributed by atoms with Gasteiger partial charge in [-0.25, -0.2) is 4.79 Å². The summed E-state index contributed by atoms with van der Waals surface area (Å²) in [6.07, 6.45) is 5.10. The van der Waals surface area contributed by atoms with Crippen molar-refractivity contribution in [1.82, 2.24) is 9.13 Å². The van der Waals surface area contributed by atoms with Gasteiger partial charge in [-0.15, -0.1) is 11.3 Å². The molecule has 174 valence electrons. The van der Waals surface area contributed by atoms with Crippen molar-refractivity contribution in [2.75, 3.05) is 13.2 Å². The Hall–Kier alpha value is -2.26. The van der Waals surface area contributed by atoms with Gasteiger partial charge in [-0.2, -0.15) is 0 Å². The van der Waals surface area contributed by atoms with Crippen molar-refractivity contribution in [3.8, 4) is 0 Å². The second-order valence-electron chi connectivity index (χ2n) is 9.99. The second kappa shape index (κ2) is 8.26. The normalized spacial score (nSPS) is 20.3. The van der Waals surface area contributed by atoms with Crippen molar-refractivity contribution in [3.05, 3.63) is 31.3 Å². The zero-order valence-electron chi connectivity index (χ0n) is 19.4. The van der Waals surface area contributed by atoms with Crippen LogP contribution in [0, 0.1) is 6.92 Å². The lowest BCUT2D eigenvalue weighted by Crippen LogP contribution is -2.45. The molecule has 2 fully saturated rings. The van der Waals surface area contributed by atoms with Crippen LogP contribution in [0.2, 0.25) is 0 Å². The first kappa shape index (κ1) is 22.9. The summed E-state index contributed by atoms with van der Waals surface area (Å²) in [5, 5.41) is 0.555. The Morgan fingerprint density at radius 3 is 2.66 bits per heavy atom. The van der Waals surface area contributed by atoms with Crippen molar-refractivity contribution in [2.45, 2.75) is 84.1 Å². The van der Waals surface area contributed by atoms with Crippen LogP contribution >= 0.6 is 11.3 Å². The standard InChI is InChI=1S/C23H31N3O5S/c1-14-16(11-24-12-17(27)31-22(2,3)4)32-20-18(14)19(28)26(23(5)8-9-23)21(29)25(20)13-15-7-6-10-30-15/h11,15H,6-10,12-13H2,1-5H3/t15-/m1/s1. The molecule has 0 unspecified atom stereocenters. The fourth-order valence-corrected chi connectivity index (χ4v) is 5.29. The van der Waals surface area contributed by atoms with Gasteiger partial charge in [0.1, 0.15) is 17.0 Å². The first-order valence-corrected chi connectivity index (χ1v) is 11.9. The quantitative estimate of drug-likeness (QED) is 0.487. The number of hydrogen-bond acceptors (Lipinski definition) is 7. The molecule has 4 rings (SSSR count). The van der Waals surface area contributed by atoms with Gasteiger partial charge in [-0.05, 0) is 65.9 Å². The van der Waals surface area contributed by atoms with Crippen LogP contribution in [0.15, 0.2) is 14.6 Å². The van der Waals surface area contributed by atoms with Gasteiger partial charge in [0.15, 0.2) is 0 Å². The SMILES string of the molecule is Cc1c(C=NCC(=O)OC(C)(C)C)sc2c1c(=O)n(C1(C)CC1)c(=O)n2C[C@H]1CCCO1. The zero-order valence-corrected chi connectivity index (χ0v) is 20.2. The van der Waals surface area contributed by atoms with Gasteiger partial charge in [0.2, 0.25) is 0 Å². The smallest absolute Gasteiger partial charge is 0.332 e. The molecule has 0 N–H and O–H groups in total. The van der Waals surface area contributed by atoms with Gasteiger partial charge in [0.25, 0.3) is 5.56 Å². The van der Waals surface area contributed by atoms with Crippen molar-refractivity contribution in [1.29, 1.82) is 0 Å². The highest BCUT2D eigenvalue weighted by molar-refractivity contribution is 7.20. The Kier molecular flexibility index (Phi) is 5.92. The number of carbonyl (C=O) groups excluding carboxylic acids is 1. The van der Waals surface area contributed by atoms with Crippen molar-refractivity contribution in [3.63, 3.8) is 0 Å². The molecule has 0 bridgehead atoms. The summed E-state index contributed by atoms with van der Waals surface area (Å²) >= 11 is 1.36. The van der Waals surface area contributed by atoms with Crippen LogP contribution in [0.1, 0.15) is 63.8 Å². The maximum atomic E-state index is 13.4. The molecule has 2 aromatic heterocycles. The highest BCUT2D eigenvalue weighted by Gasteiger charge is 2.43. The van der Waals surface area contributed by atoms with Crippen LogP contribution in [0.4, 0.5) is 0 Å². The lowest BCUT2D eigenvalue weighted by atomic mass is 10.2. The van der Waals surface area contributed by atoms with Gasteiger partial charge < -0.3 is 9.47 Å². The van der Waals surface area contributed by atoms with Gasteiger partial charge in [0, 0.05) is 12.8 Å². The van der Waals surface area contributed by atoms with Gasteiger partial charge >= 0.3 is 11.7 Å². The van der Waals surface area contributed by atoms with E-state index in [1.54, 1.807) is 10.8 Å². The molecule has 3 heterocycles. The predicted octanol–water partition coefficient (Wildman–Crippen LogP) is 2.98. The molecule has 1 saturated heterocycles. The van der Waals surface area contributed by atoms with E-state index in [1.807, 2.05) is 34.6 Å². The molecule has 8 nitrogen and oxygen atoms in total. The predicted molar refractivity (Wildman–Crippen MR) is 125 cm³/mol. The van der Waals surface area contributed by atoms with Gasteiger partial charge in [-0.3, -0.25) is 23.7 Å². The number of carbonyl (C=O) groups is 1. The number of aryl methyl sites for hydroxylation is 1. The fraction of sp³-hybridized carbons (Fsp3) is 0.652. The number of hydrogen-bond donors (Lipinski definition) is 0. The van der Waals surface area contributed by atoms with E-state index >= 15 is 0 Å². The topological polar surface area (TPSA) is 91.9 Å². The lowest BCUT2D eigenvalue weighted by molar-refractivity contribution is -0.152. The van der Waals surface area contributed by atoms with Crippen LogP contribution in [0.5, 0.6) is 0 Å². The number of ether oxygens (including phenoxy) is 2. The van der Waals surface area contributed by atoms with Crippen molar-refractivity contribution >= 4 is 33.7 Å². The molecule has 0 radical (unpaired) electrons. The molecule has 9 heteroatoms. The summed E-state index contributed by atoms with van der Waals surface area (Å²) in [6.45, 7) is 10.3. The summed E-state index contributed by atoms with van der Waals surface area (Å²) < 4.78 is 14.2. The largest absolute Gasteiger partial charge is 0.459 e. The summed E-state index contributed by atoms with van der Waals surface area (Å²) in [4.78, 5) is 44.4. The molecule has 1 aliphatic carbocycles. The summed E-state index contributed by atoms with van der Waals surface area (Å²) in [5.41, 5.74) is -0.713. The van der Waals surface area contributed by atoms with Crippen LogP contribution in [0.3, 0.4) is 0 Å². The number of esters is 1. The molecule has 2 aliphatic rings. The van der Waals surface area contributed by atoms with Crippen molar-refractivity contribution < 1.29 is 14.3 Å². The fourth-order valence-electron chi connectivity index (χ4n) is 4.10. The molecule has 0 aromatic carbocycles. The number of thiophene rings is 1. The minimum absolute atomic E-state index is 0.0273. The summed E-state index contributed by atoms with van der Waals surface area (Å²) in [7, 11) is 0. The van der Waals surface area contributed by atoms with Gasteiger partial charge in [0.05, 0.1) is 28.5 Å². The summed E-state index contributed by atoms with van der Waals surface area (Å²) in [6, 6.07) is 0. The highest BCUT2D eigenvalue weighted by atomic mass is 32.1. The third-order valence-electron chi connectivity index (χ3n) is 6.02. The minimum Gasteiger partial charge on any atom is -0.459 e. The Balaban J connectivity index is 1.75. The highest BCUT2D eigenvalue weighted by Crippen LogP contribution is 2.41. The minimum atomic E-state index is -0.567. The summed E-state index contributed by atoms with van der Waals surface area (Å²) in [5.74, 6) is -0.410. The van der Waals surface area contributed by atoms with E-state index in [4.69, 9.17) is 9.47 Å². The van der Waals surface area contributed by atoms with E-state index in [1.165, 1.54) is 15.9 Å². The molecular weight excluding hydrogens is 430 g/mol. The monoisotopic (exact) mass is 461 g/mol. The molecule has 1 atom stereocenters. The molecule has 2 aromatic rings. The number of fused-ring (bicyclic) bond motifs is 1. The number of nitrogens with zero attached hydrogens (tertiary/aromatic N) is 3. The Morgan fingerprint density at radius 2 is 2.06 bits per heavy atom. The van der Waals surface area contributed by atoms with E-state index < -0.39 is 17.1 Å². The van der Waals surface area contributed by atoms with Crippen LogP contribution in [-0.2, 0) is 26.4 Å². The van der Waals surface area contributed by atoms with E-state index in [-0.39, 0.29) is 23.9 Å². The molecule has 1 saturated carbocycles. The molecular formula is C23H31N3O5S. The van der Waals surface area contributed by atoms with Crippen LogP contribution < -0.4 is 11.2 Å². The van der Waals surface area contributed by atoms with Crippen LogP contribution in [0.25, 0.3) is 10.2 Å². The molecule has 32 heavy (non-hydrogen) atoms. The molecule has 0 amide bonds. The average Bonchev–Trinajstić information content (AvgIpc) is 3.09. The Morgan fingerprint density at radius 1 is 1.34 bits per heavy atom. The maximum Gasteiger partial charge on any atom is 0.332 e. The van der Waals surface area contributed by atoms with Gasteiger partial charge in [-0.1, -0.05) is 0 Å². The third-order valence-corrected chi connectivity index (χ3v) is 7.27. The Labute approximate surface area is 190 Å². The number of rotatable bonds is 6. The Bertz CT molecular complexity index is 1190. The van der Waals surface area contributed by atoms with Crippen molar-refractivity contribution in [2.24, 2.45) is 4.99 Å². The van der Waals surface area contributed by atoms with E-state index in [0.29, 0.717) is 23.4 Å². The molecule has 1 aliphatic heterocycles. The van der Waals surface area contributed by atoms with E-state index in [9.17, 15) is 14.4 Å². The zero-order chi connectivity index (χ0) is 23.3. The first-order valence-electron chi connectivity index (χ1n) is 11.1. The first-order chi connectivity index (χ1) is 15.0. The van der Waals surface area contributed by atoms with Crippen LogP contribution in [-0.4, -0.2) is 46.2 Å². The van der Waals surface area contributed by atoms with E-state index in [0.717, 1.165) is 36.1 Å². The maximum absolute atomic E-state index is 13.4. The lowest BCUT2D eigenvalue weighted by Gasteiger charge is -2.18. The number of aliphatic imine (C=N–C) groups is 1. The third kappa shape index (κ3) is 4.45. The van der Waals surface area contributed by atoms with E-state index in [2.05, 4.69) is 4.99 Å². The second-order valence-corrected chi connectivity index (χ2v) is 11.0. The average molecular weight is 462 g/mol.